The number of hydrogen-bond donors (Lipinski definition) is 2. The molecular formula is C8H16N2O2. The summed E-state index contributed by atoms with van der Waals surface area (Å²) in [4.78, 5) is 12.6. The standard InChI is InChI=1S/C8H16N2O2/c1-6-7(5-8(11)12)10(2)4-3-9-6/h6-7,9H,3-5H2,1-2H3,(H,11,12). The van der Waals surface area contributed by atoms with Crippen LogP contribution >= 0.6 is 0 Å². The fourth-order valence-electron chi connectivity index (χ4n) is 1.66. The van der Waals surface area contributed by atoms with Crippen molar-refractivity contribution in [3.8, 4) is 0 Å². The van der Waals surface area contributed by atoms with E-state index < -0.39 is 5.97 Å². The van der Waals surface area contributed by atoms with Crippen molar-refractivity contribution in [2.24, 2.45) is 0 Å². The second kappa shape index (κ2) is 3.87. The van der Waals surface area contributed by atoms with E-state index in [1.807, 2.05) is 14.0 Å². The molecule has 0 bridgehead atoms. The highest BCUT2D eigenvalue weighted by Crippen LogP contribution is 2.10. The molecule has 70 valence electrons. The molecule has 0 aliphatic carbocycles. The van der Waals surface area contributed by atoms with Crippen LogP contribution in [0.25, 0.3) is 0 Å². The highest BCUT2D eigenvalue weighted by Gasteiger charge is 2.27. The van der Waals surface area contributed by atoms with Crippen molar-refractivity contribution in [1.29, 1.82) is 0 Å². The van der Waals surface area contributed by atoms with Gasteiger partial charge in [0.2, 0.25) is 0 Å². The summed E-state index contributed by atoms with van der Waals surface area (Å²) in [6.45, 7) is 3.92. The van der Waals surface area contributed by atoms with Crippen LogP contribution in [0.4, 0.5) is 0 Å². The molecule has 0 aromatic rings. The van der Waals surface area contributed by atoms with Gasteiger partial charge in [-0.25, -0.2) is 0 Å². The van der Waals surface area contributed by atoms with Crippen molar-refractivity contribution in [3.05, 3.63) is 0 Å². The normalized spacial score (nSPS) is 31.8. The number of likely N-dealkylation sites (N-methyl/N-ethyl adjacent to an activating group) is 1. The van der Waals surface area contributed by atoms with E-state index in [4.69, 9.17) is 5.11 Å². The Bertz CT molecular complexity index is 162. The molecule has 1 aliphatic rings. The van der Waals surface area contributed by atoms with Crippen LogP contribution in [0.3, 0.4) is 0 Å². The van der Waals surface area contributed by atoms with Crippen molar-refractivity contribution in [2.45, 2.75) is 25.4 Å². The quantitative estimate of drug-likeness (QED) is 0.603. The minimum Gasteiger partial charge on any atom is -0.481 e. The summed E-state index contributed by atoms with van der Waals surface area (Å²) >= 11 is 0. The summed E-state index contributed by atoms with van der Waals surface area (Å²) in [7, 11) is 1.98. The van der Waals surface area contributed by atoms with Gasteiger partial charge in [-0.2, -0.15) is 0 Å². The lowest BCUT2D eigenvalue weighted by Crippen LogP contribution is -2.55. The third-order valence-corrected chi connectivity index (χ3v) is 2.46. The first-order chi connectivity index (χ1) is 5.61. The van der Waals surface area contributed by atoms with Gasteiger partial charge in [0.1, 0.15) is 0 Å². The number of carbonyl (C=O) groups is 1. The molecule has 4 nitrogen and oxygen atoms in total. The molecule has 0 radical (unpaired) electrons. The number of carboxylic acid groups (broad SMARTS) is 1. The van der Waals surface area contributed by atoms with Crippen molar-refractivity contribution in [1.82, 2.24) is 10.2 Å². The second-order valence-corrected chi connectivity index (χ2v) is 3.39. The minimum absolute atomic E-state index is 0.135. The van der Waals surface area contributed by atoms with Crippen molar-refractivity contribution in [3.63, 3.8) is 0 Å². The number of carboxylic acids is 1. The number of nitrogens with zero attached hydrogens (tertiary/aromatic N) is 1. The number of piperazine rings is 1. The van der Waals surface area contributed by atoms with Crippen LogP contribution in [0, 0.1) is 0 Å². The number of nitrogens with one attached hydrogen (secondary N) is 1. The van der Waals surface area contributed by atoms with Crippen molar-refractivity contribution >= 4 is 5.97 Å². The molecule has 1 heterocycles. The summed E-state index contributed by atoms with van der Waals surface area (Å²) < 4.78 is 0. The first kappa shape index (κ1) is 9.48. The van der Waals surface area contributed by atoms with E-state index in [9.17, 15) is 4.79 Å². The molecule has 2 unspecified atom stereocenters. The molecule has 1 aliphatic heterocycles. The third kappa shape index (κ3) is 2.19. The molecule has 1 saturated heterocycles. The molecule has 0 aromatic carbocycles. The van der Waals surface area contributed by atoms with Crippen LogP contribution in [-0.4, -0.2) is 48.2 Å². The predicted octanol–water partition coefficient (Wildman–Crippen LogP) is -0.247. The lowest BCUT2D eigenvalue weighted by molar-refractivity contribution is -0.138. The van der Waals surface area contributed by atoms with Gasteiger partial charge in [-0.15, -0.1) is 0 Å². The Kier molecular flexibility index (Phi) is 3.05. The molecule has 0 spiro atoms. The summed E-state index contributed by atoms with van der Waals surface area (Å²) in [6, 6.07) is 0.413. The molecule has 0 saturated carbocycles. The summed E-state index contributed by atoms with van der Waals surface area (Å²) in [5, 5.41) is 11.9. The third-order valence-electron chi connectivity index (χ3n) is 2.46. The van der Waals surface area contributed by atoms with Crippen LogP contribution < -0.4 is 5.32 Å². The monoisotopic (exact) mass is 172 g/mol. The first-order valence-electron chi connectivity index (χ1n) is 4.26. The zero-order chi connectivity index (χ0) is 9.14. The fraction of sp³-hybridized carbons (Fsp3) is 0.875. The van der Waals surface area contributed by atoms with Gasteiger partial charge in [0.25, 0.3) is 0 Å². The molecule has 1 fully saturated rings. The molecule has 4 heteroatoms. The Hall–Kier alpha value is -0.610. The van der Waals surface area contributed by atoms with Crippen LogP contribution in [0.2, 0.25) is 0 Å². The lowest BCUT2D eigenvalue weighted by atomic mass is 10.0. The average Bonchev–Trinajstić information content (AvgIpc) is 1.97. The van der Waals surface area contributed by atoms with Gasteiger partial charge in [0.15, 0.2) is 0 Å². The Morgan fingerprint density at radius 1 is 1.75 bits per heavy atom. The first-order valence-corrected chi connectivity index (χ1v) is 4.26. The van der Waals surface area contributed by atoms with E-state index in [0.29, 0.717) is 0 Å². The van der Waals surface area contributed by atoms with Crippen LogP contribution in [0.15, 0.2) is 0 Å². The molecule has 0 amide bonds. The predicted molar refractivity (Wildman–Crippen MR) is 46.1 cm³/mol. The molecule has 2 atom stereocenters. The molecule has 1 rings (SSSR count). The molecule has 12 heavy (non-hydrogen) atoms. The second-order valence-electron chi connectivity index (χ2n) is 3.39. The van der Waals surface area contributed by atoms with Crippen molar-refractivity contribution < 1.29 is 9.90 Å². The maximum atomic E-state index is 10.5. The van der Waals surface area contributed by atoms with Gasteiger partial charge in [-0.3, -0.25) is 4.79 Å². The number of hydrogen-bond acceptors (Lipinski definition) is 3. The van der Waals surface area contributed by atoms with Gasteiger partial charge in [-0.1, -0.05) is 0 Å². The molecule has 2 N–H and O–H groups in total. The van der Waals surface area contributed by atoms with Gasteiger partial charge < -0.3 is 15.3 Å². The lowest BCUT2D eigenvalue weighted by Gasteiger charge is -2.37. The van der Waals surface area contributed by atoms with Gasteiger partial charge in [0, 0.05) is 25.2 Å². The summed E-state index contributed by atoms with van der Waals surface area (Å²) in [6.07, 6.45) is 0.227. The fourth-order valence-corrected chi connectivity index (χ4v) is 1.66. The molecule has 0 aromatic heterocycles. The zero-order valence-corrected chi connectivity index (χ0v) is 7.58. The van der Waals surface area contributed by atoms with E-state index in [-0.39, 0.29) is 18.5 Å². The van der Waals surface area contributed by atoms with E-state index in [2.05, 4.69) is 10.2 Å². The van der Waals surface area contributed by atoms with Crippen molar-refractivity contribution in [2.75, 3.05) is 20.1 Å². The van der Waals surface area contributed by atoms with Crippen LogP contribution in [-0.2, 0) is 4.79 Å². The van der Waals surface area contributed by atoms with Gasteiger partial charge in [-0.05, 0) is 14.0 Å². The SMILES string of the molecule is CC1NCCN(C)C1CC(=O)O. The van der Waals surface area contributed by atoms with Gasteiger partial charge >= 0.3 is 5.97 Å². The van der Waals surface area contributed by atoms with E-state index in [1.165, 1.54) is 0 Å². The topological polar surface area (TPSA) is 52.6 Å². The Labute approximate surface area is 72.6 Å². The minimum atomic E-state index is -0.720. The molecular weight excluding hydrogens is 156 g/mol. The van der Waals surface area contributed by atoms with Crippen LogP contribution in [0.5, 0.6) is 0 Å². The number of rotatable bonds is 2. The largest absolute Gasteiger partial charge is 0.481 e. The van der Waals surface area contributed by atoms with Crippen LogP contribution in [0.1, 0.15) is 13.3 Å². The maximum Gasteiger partial charge on any atom is 0.304 e. The Morgan fingerprint density at radius 2 is 2.42 bits per heavy atom. The highest BCUT2D eigenvalue weighted by molar-refractivity contribution is 5.67. The number of aliphatic carboxylic acids is 1. The highest BCUT2D eigenvalue weighted by atomic mass is 16.4. The zero-order valence-electron chi connectivity index (χ0n) is 7.58. The van der Waals surface area contributed by atoms with E-state index in [0.717, 1.165) is 13.1 Å². The van der Waals surface area contributed by atoms with E-state index in [1.54, 1.807) is 0 Å². The van der Waals surface area contributed by atoms with Gasteiger partial charge in [0.05, 0.1) is 6.42 Å². The average molecular weight is 172 g/mol. The smallest absolute Gasteiger partial charge is 0.304 e. The Morgan fingerprint density at radius 3 is 2.92 bits per heavy atom. The summed E-state index contributed by atoms with van der Waals surface area (Å²) in [5.41, 5.74) is 0. The summed E-state index contributed by atoms with van der Waals surface area (Å²) in [5.74, 6) is -0.720. The maximum absolute atomic E-state index is 10.5. The Balaban J connectivity index is 2.50. The van der Waals surface area contributed by atoms with E-state index >= 15 is 0 Å².